The molecule has 1 aliphatic carbocycles. The minimum absolute atomic E-state index is 0.131. The van der Waals surface area contributed by atoms with Gasteiger partial charge in [0, 0.05) is 12.1 Å². The van der Waals surface area contributed by atoms with Gasteiger partial charge >= 0.3 is 0 Å². The summed E-state index contributed by atoms with van der Waals surface area (Å²) in [4.78, 5) is 11.2. The Bertz CT molecular complexity index is 169. The standard InChI is InChI=1S/C9H16FOP/c1-9(10)4-2-7(3-5-9)8(11)6-12/h7H,2-6,12H2,1H3. The molecular weight excluding hydrogens is 174 g/mol. The molecule has 0 aromatic rings. The predicted octanol–water partition coefficient (Wildman–Crippen LogP) is 2.35. The molecule has 0 N–H and O–H groups in total. The zero-order valence-electron chi connectivity index (χ0n) is 7.48. The van der Waals surface area contributed by atoms with Gasteiger partial charge in [0.1, 0.15) is 11.5 Å². The molecule has 0 aliphatic heterocycles. The third kappa shape index (κ3) is 2.52. The second-order valence-electron chi connectivity index (χ2n) is 3.86. The summed E-state index contributed by atoms with van der Waals surface area (Å²) in [6, 6.07) is 0. The van der Waals surface area contributed by atoms with Gasteiger partial charge in [-0.15, -0.1) is 9.24 Å². The van der Waals surface area contributed by atoms with E-state index in [4.69, 9.17) is 0 Å². The average molecular weight is 190 g/mol. The van der Waals surface area contributed by atoms with Crippen LogP contribution in [0.4, 0.5) is 4.39 Å². The van der Waals surface area contributed by atoms with E-state index in [1.807, 2.05) is 0 Å². The second-order valence-corrected chi connectivity index (χ2v) is 4.27. The highest BCUT2D eigenvalue weighted by molar-refractivity contribution is 7.18. The zero-order chi connectivity index (χ0) is 9.19. The summed E-state index contributed by atoms with van der Waals surface area (Å²) >= 11 is 0. The molecule has 1 aliphatic rings. The lowest BCUT2D eigenvalue weighted by Gasteiger charge is -2.29. The van der Waals surface area contributed by atoms with Gasteiger partial charge in [0.05, 0.1) is 0 Å². The molecule has 1 atom stereocenters. The third-order valence-corrected chi connectivity index (χ3v) is 3.09. The van der Waals surface area contributed by atoms with Crippen molar-refractivity contribution >= 4 is 15.0 Å². The third-order valence-electron chi connectivity index (χ3n) is 2.68. The first-order chi connectivity index (χ1) is 5.55. The number of hydrogen-bond donors (Lipinski definition) is 0. The van der Waals surface area contributed by atoms with E-state index >= 15 is 0 Å². The van der Waals surface area contributed by atoms with Crippen LogP contribution in [0.2, 0.25) is 0 Å². The molecule has 1 nitrogen and oxygen atoms in total. The zero-order valence-corrected chi connectivity index (χ0v) is 8.63. The van der Waals surface area contributed by atoms with Crippen LogP contribution in [0.5, 0.6) is 0 Å². The number of alkyl halides is 1. The molecule has 0 heterocycles. The van der Waals surface area contributed by atoms with Gasteiger partial charge in [0.25, 0.3) is 0 Å². The van der Waals surface area contributed by atoms with Crippen LogP contribution >= 0.6 is 9.24 Å². The van der Waals surface area contributed by atoms with E-state index in [1.165, 1.54) is 0 Å². The van der Waals surface area contributed by atoms with Crippen LogP contribution in [0, 0.1) is 5.92 Å². The maximum atomic E-state index is 13.3. The van der Waals surface area contributed by atoms with Crippen LogP contribution in [0.3, 0.4) is 0 Å². The molecule has 3 heteroatoms. The molecule has 0 amide bonds. The van der Waals surface area contributed by atoms with Crippen LogP contribution in [0.1, 0.15) is 32.6 Å². The average Bonchev–Trinajstić information content (AvgIpc) is 2.03. The van der Waals surface area contributed by atoms with Crippen LogP contribution in [0.25, 0.3) is 0 Å². The number of halogens is 1. The summed E-state index contributed by atoms with van der Waals surface area (Å²) in [5.74, 6) is 0.404. The molecule has 1 rings (SSSR count). The number of ketones is 1. The molecule has 0 aromatic carbocycles. The summed E-state index contributed by atoms with van der Waals surface area (Å²) in [7, 11) is 2.44. The van der Waals surface area contributed by atoms with Gasteiger partial charge in [-0.3, -0.25) is 4.79 Å². The largest absolute Gasteiger partial charge is 0.299 e. The number of rotatable bonds is 2. The molecule has 1 unspecified atom stereocenters. The molecule has 70 valence electrons. The lowest BCUT2D eigenvalue weighted by Crippen LogP contribution is -2.30. The van der Waals surface area contributed by atoms with Crippen molar-refractivity contribution in [1.29, 1.82) is 0 Å². The highest BCUT2D eigenvalue weighted by atomic mass is 31.0. The van der Waals surface area contributed by atoms with Gasteiger partial charge in [-0.25, -0.2) is 4.39 Å². The highest BCUT2D eigenvalue weighted by Gasteiger charge is 2.32. The van der Waals surface area contributed by atoms with Crippen LogP contribution < -0.4 is 0 Å². The lowest BCUT2D eigenvalue weighted by molar-refractivity contribution is -0.122. The normalized spacial score (nSPS) is 36.4. The van der Waals surface area contributed by atoms with Gasteiger partial charge in [-0.1, -0.05) is 0 Å². The van der Waals surface area contributed by atoms with Crippen molar-refractivity contribution in [1.82, 2.24) is 0 Å². The van der Waals surface area contributed by atoms with Crippen LogP contribution in [0.15, 0.2) is 0 Å². The Labute approximate surface area is 75.3 Å². The maximum absolute atomic E-state index is 13.3. The highest BCUT2D eigenvalue weighted by Crippen LogP contribution is 2.35. The minimum atomic E-state index is -1.02. The lowest BCUT2D eigenvalue weighted by atomic mass is 9.79. The monoisotopic (exact) mass is 190 g/mol. The first-order valence-corrected chi connectivity index (χ1v) is 5.28. The Kier molecular flexibility index (Phi) is 3.22. The molecule has 0 saturated heterocycles. The van der Waals surface area contributed by atoms with E-state index in [9.17, 15) is 9.18 Å². The number of carbonyl (C=O) groups excluding carboxylic acids is 1. The fraction of sp³-hybridized carbons (Fsp3) is 0.889. The SMILES string of the molecule is CC1(F)CCC(C(=O)CP)CC1. The Morgan fingerprint density at radius 3 is 2.50 bits per heavy atom. The topological polar surface area (TPSA) is 17.1 Å². The van der Waals surface area contributed by atoms with Crippen molar-refractivity contribution in [3.05, 3.63) is 0 Å². The summed E-state index contributed by atoms with van der Waals surface area (Å²) in [6.07, 6.45) is 3.09. The summed E-state index contributed by atoms with van der Waals surface area (Å²) in [5, 5.41) is 0. The van der Waals surface area contributed by atoms with E-state index in [-0.39, 0.29) is 11.7 Å². The van der Waals surface area contributed by atoms with Gasteiger partial charge in [0.15, 0.2) is 0 Å². The van der Waals surface area contributed by atoms with E-state index in [1.54, 1.807) is 6.92 Å². The first kappa shape index (κ1) is 10.1. The van der Waals surface area contributed by atoms with Crippen molar-refractivity contribution in [3.63, 3.8) is 0 Å². The second kappa shape index (κ2) is 3.83. The minimum Gasteiger partial charge on any atom is -0.299 e. The van der Waals surface area contributed by atoms with Gasteiger partial charge < -0.3 is 0 Å². The predicted molar refractivity (Wildman–Crippen MR) is 51.1 cm³/mol. The Morgan fingerprint density at radius 1 is 1.58 bits per heavy atom. The molecule has 0 aromatic heterocycles. The fourth-order valence-corrected chi connectivity index (χ4v) is 2.04. The maximum Gasteiger partial charge on any atom is 0.139 e. The molecule has 1 fully saturated rings. The molecular formula is C9H16FOP. The molecule has 12 heavy (non-hydrogen) atoms. The van der Waals surface area contributed by atoms with Crippen molar-refractivity contribution in [3.8, 4) is 0 Å². The molecule has 0 radical (unpaired) electrons. The molecule has 0 bridgehead atoms. The van der Waals surface area contributed by atoms with Gasteiger partial charge in [-0.05, 0) is 32.6 Å². The Hall–Kier alpha value is 0.0300. The van der Waals surface area contributed by atoms with Crippen molar-refractivity contribution in [2.24, 2.45) is 5.92 Å². The van der Waals surface area contributed by atoms with Crippen molar-refractivity contribution in [2.45, 2.75) is 38.3 Å². The Morgan fingerprint density at radius 2 is 2.08 bits per heavy atom. The number of Topliss-reactive ketones (excluding diaryl/α,β-unsaturated/α-hetero) is 1. The summed E-state index contributed by atoms with van der Waals surface area (Å²) in [5.41, 5.74) is -1.02. The van der Waals surface area contributed by atoms with Crippen LogP contribution in [-0.2, 0) is 4.79 Å². The fourth-order valence-electron chi connectivity index (χ4n) is 1.71. The van der Waals surface area contributed by atoms with E-state index in [0.717, 1.165) is 12.8 Å². The van der Waals surface area contributed by atoms with E-state index in [2.05, 4.69) is 9.24 Å². The molecule has 0 spiro atoms. The smallest absolute Gasteiger partial charge is 0.139 e. The van der Waals surface area contributed by atoms with E-state index < -0.39 is 5.67 Å². The van der Waals surface area contributed by atoms with Crippen LogP contribution in [-0.4, -0.2) is 17.6 Å². The van der Waals surface area contributed by atoms with Gasteiger partial charge in [-0.2, -0.15) is 0 Å². The summed E-state index contributed by atoms with van der Waals surface area (Å²) in [6.45, 7) is 1.63. The number of hydrogen-bond acceptors (Lipinski definition) is 1. The van der Waals surface area contributed by atoms with E-state index in [0.29, 0.717) is 19.0 Å². The first-order valence-electron chi connectivity index (χ1n) is 4.47. The summed E-state index contributed by atoms with van der Waals surface area (Å²) < 4.78 is 13.3. The Balaban J connectivity index is 2.41. The van der Waals surface area contributed by atoms with Crippen molar-refractivity contribution < 1.29 is 9.18 Å². The van der Waals surface area contributed by atoms with Crippen molar-refractivity contribution in [2.75, 3.05) is 6.16 Å². The molecule has 1 saturated carbocycles. The quantitative estimate of drug-likeness (QED) is 0.611. The van der Waals surface area contributed by atoms with Gasteiger partial charge in [0.2, 0.25) is 0 Å². The number of carbonyl (C=O) groups is 1.